The van der Waals surface area contributed by atoms with E-state index in [0.717, 1.165) is 12.8 Å². The fourth-order valence-electron chi connectivity index (χ4n) is 1.97. The summed E-state index contributed by atoms with van der Waals surface area (Å²) in [5.74, 6) is 0.152. The van der Waals surface area contributed by atoms with Crippen molar-refractivity contribution in [2.75, 3.05) is 0 Å². The molecule has 1 aliphatic rings. The normalized spacial score (nSPS) is 36.2. The van der Waals surface area contributed by atoms with Gasteiger partial charge in [-0.2, -0.15) is 0 Å². The first kappa shape index (κ1) is 13.4. The molecule has 1 rings (SSSR count). The zero-order valence-electron chi connectivity index (χ0n) is 9.79. The third-order valence-electron chi connectivity index (χ3n) is 2.96. The Morgan fingerprint density at radius 3 is 2.25 bits per heavy atom. The molecule has 0 saturated heterocycles. The standard InChI is InChI=1S/C13H22O3/c1-2-3-4-5-6-7-10-8-11(14)13(16)12(15)9-10/h4-7,10-16H,2-3,8-9H2,1H3/b5-4+,7-6+. The summed E-state index contributed by atoms with van der Waals surface area (Å²) < 4.78 is 0. The van der Waals surface area contributed by atoms with E-state index in [1.807, 2.05) is 18.2 Å². The molecule has 3 nitrogen and oxygen atoms in total. The average molecular weight is 226 g/mol. The molecule has 0 amide bonds. The van der Waals surface area contributed by atoms with Gasteiger partial charge in [-0.05, 0) is 25.2 Å². The van der Waals surface area contributed by atoms with Gasteiger partial charge in [0.05, 0.1) is 12.2 Å². The Labute approximate surface area is 97.1 Å². The van der Waals surface area contributed by atoms with E-state index in [4.69, 9.17) is 0 Å². The van der Waals surface area contributed by atoms with Crippen molar-refractivity contribution in [3.05, 3.63) is 24.3 Å². The maximum absolute atomic E-state index is 9.50. The van der Waals surface area contributed by atoms with Gasteiger partial charge in [-0.25, -0.2) is 0 Å². The highest BCUT2D eigenvalue weighted by Crippen LogP contribution is 2.26. The van der Waals surface area contributed by atoms with Gasteiger partial charge < -0.3 is 15.3 Å². The molecule has 2 unspecified atom stereocenters. The maximum atomic E-state index is 9.50. The van der Waals surface area contributed by atoms with Gasteiger partial charge in [0.1, 0.15) is 6.10 Å². The number of unbranched alkanes of at least 4 members (excludes halogenated alkanes) is 1. The lowest BCUT2D eigenvalue weighted by molar-refractivity contribution is -0.0940. The molecule has 3 heteroatoms. The summed E-state index contributed by atoms with van der Waals surface area (Å²) in [6.07, 6.45) is 8.69. The third kappa shape index (κ3) is 4.08. The molecule has 16 heavy (non-hydrogen) atoms. The van der Waals surface area contributed by atoms with Gasteiger partial charge in [-0.1, -0.05) is 37.6 Å². The number of aliphatic hydroxyl groups excluding tert-OH is 3. The van der Waals surface area contributed by atoms with Crippen LogP contribution in [0.4, 0.5) is 0 Å². The Bertz CT molecular complexity index is 236. The Kier molecular flexibility index (Phi) is 5.74. The van der Waals surface area contributed by atoms with Crippen molar-refractivity contribution < 1.29 is 15.3 Å². The van der Waals surface area contributed by atoms with Crippen molar-refractivity contribution in [2.24, 2.45) is 5.92 Å². The van der Waals surface area contributed by atoms with Gasteiger partial charge in [0.25, 0.3) is 0 Å². The lowest BCUT2D eigenvalue weighted by Crippen LogP contribution is -2.43. The molecule has 1 saturated carbocycles. The first-order valence-electron chi connectivity index (χ1n) is 6.02. The van der Waals surface area contributed by atoms with Crippen LogP contribution < -0.4 is 0 Å². The first-order valence-corrected chi connectivity index (χ1v) is 6.02. The van der Waals surface area contributed by atoms with Gasteiger partial charge in [0.2, 0.25) is 0 Å². The van der Waals surface area contributed by atoms with Crippen LogP contribution in [0.3, 0.4) is 0 Å². The Morgan fingerprint density at radius 2 is 1.69 bits per heavy atom. The summed E-state index contributed by atoms with van der Waals surface area (Å²) >= 11 is 0. The minimum absolute atomic E-state index is 0.152. The van der Waals surface area contributed by atoms with E-state index in [1.54, 1.807) is 0 Å². The van der Waals surface area contributed by atoms with Crippen LogP contribution in [0.5, 0.6) is 0 Å². The molecular formula is C13H22O3. The number of rotatable bonds is 4. The second-order valence-corrected chi connectivity index (χ2v) is 4.46. The van der Waals surface area contributed by atoms with Crippen LogP contribution in [0.15, 0.2) is 24.3 Å². The van der Waals surface area contributed by atoms with Crippen LogP contribution in [-0.4, -0.2) is 33.6 Å². The Balaban J connectivity index is 2.38. The number of allylic oxidation sites excluding steroid dienone is 4. The Hall–Kier alpha value is -0.640. The second-order valence-electron chi connectivity index (χ2n) is 4.46. The van der Waals surface area contributed by atoms with Crippen molar-refractivity contribution in [1.29, 1.82) is 0 Å². The van der Waals surface area contributed by atoms with Gasteiger partial charge in [0.15, 0.2) is 0 Å². The molecule has 0 bridgehead atoms. The number of hydrogen-bond acceptors (Lipinski definition) is 3. The molecule has 1 aliphatic carbocycles. The quantitative estimate of drug-likeness (QED) is 0.635. The molecule has 2 atom stereocenters. The molecule has 0 aromatic rings. The number of aliphatic hydroxyl groups is 3. The first-order chi connectivity index (χ1) is 7.65. The molecule has 0 spiro atoms. The maximum Gasteiger partial charge on any atom is 0.106 e. The van der Waals surface area contributed by atoms with Crippen molar-refractivity contribution >= 4 is 0 Å². The third-order valence-corrected chi connectivity index (χ3v) is 2.96. The van der Waals surface area contributed by atoms with Gasteiger partial charge in [0, 0.05) is 0 Å². The molecule has 92 valence electrons. The highest BCUT2D eigenvalue weighted by molar-refractivity contribution is 5.06. The largest absolute Gasteiger partial charge is 0.390 e. The van der Waals surface area contributed by atoms with Gasteiger partial charge in [-0.3, -0.25) is 0 Å². The van der Waals surface area contributed by atoms with Crippen LogP contribution in [0.25, 0.3) is 0 Å². The van der Waals surface area contributed by atoms with E-state index in [2.05, 4.69) is 13.0 Å². The zero-order valence-corrected chi connectivity index (χ0v) is 9.79. The van der Waals surface area contributed by atoms with E-state index in [-0.39, 0.29) is 5.92 Å². The molecule has 0 aromatic carbocycles. The second kappa shape index (κ2) is 6.84. The summed E-state index contributed by atoms with van der Waals surface area (Å²) in [4.78, 5) is 0. The smallest absolute Gasteiger partial charge is 0.106 e. The zero-order chi connectivity index (χ0) is 12.0. The molecule has 0 aromatic heterocycles. The lowest BCUT2D eigenvalue weighted by atomic mass is 9.83. The molecule has 0 radical (unpaired) electrons. The van der Waals surface area contributed by atoms with E-state index < -0.39 is 18.3 Å². The van der Waals surface area contributed by atoms with Crippen molar-refractivity contribution in [1.82, 2.24) is 0 Å². The van der Waals surface area contributed by atoms with Crippen LogP contribution >= 0.6 is 0 Å². The lowest BCUT2D eigenvalue weighted by Gasteiger charge is -2.32. The minimum Gasteiger partial charge on any atom is -0.390 e. The molecular weight excluding hydrogens is 204 g/mol. The minimum atomic E-state index is -0.986. The molecule has 0 aliphatic heterocycles. The SMILES string of the molecule is CCC/C=C/C=C/C1CC(O)C(O)C(O)C1. The van der Waals surface area contributed by atoms with E-state index in [9.17, 15) is 15.3 Å². The van der Waals surface area contributed by atoms with Gasteiger partial charge in [-0.15, -0.1) is 0 Å². The van der Waals surface area contributed by atoms with E-state index in [1.165, 1.54) is 0 Å². The van der Waals surface area contributed by atoms with Crippen molar-refractivity contribution in [3.8, 4) is 0 Å². The van der Waals surface area contributed by atoms with Gasteiger partial charge >= 0.3 is 0 Å². The molecule has 1 fully saturated rings. The highest BCUT2D eigenvalue weighted by Gasteiger charge is 2.33. The predicted octanol–water partition coefficient (Wildman–Crippen LogP) is 1.39. The highest BCUT2D eigenvalue weighted by atomic mass is 16.4. The molecule has 0 heterocycles. The average Bonchev–Trinajstić information content (AvgIpc) is 2.25. The summed E-state index contributed by atoms with van der Waals surface area (Å²) in [5.41, 5.74) is 0. The van der Waals surface area contributed by atoms with Crippen molar-refractivity contribution in [2.45, 2.75) is 50.9 Å². The summed E-state index contributed by atoms with van der Waals surface area (Å²) in [6.45, 7) is 2.13. The van der Waals surface area contributed by atoms with Crippen LogP contribution in [-0.2, 0) is 0 Å². The molecule has 3 N–H and O–H groups in total. The van der Waals surface area contributed by atoms with Crippen LogP contribution in [0.2, 0.25) is 0 Å². The van der Waals surface area contributed by atoms with Crippen LogP contribution in [0.1, 0.15) is 32.6 Å². The Morgan fingerprint density at radius 1 is 1.06 bits per heavy atom. The fourth-order valence-corrected chi connectivity index (χ4v) is 1.97. The van der Waals surface area contributed by atoms with E-state index in [0.29, 0.717) is 12.8 Å². The summed E-state index contributed by atoms with van der Waals surface area (Å²) in [5, 5.41) is 28.4. The van der Waals surface area contributed by atoms with Crippen molar-refractivity contribution in [3.63, 3.8) is 0 Å². The topological polar surface area (TPSA) is 60.7 Å². The number of hydrogen-bond donors (Lipinski definition) is 3. The summed E-state index contributed by atoms with van der Waals surface area (Å²) in [7, 11) is 0. The monoisotopic (exact) mass is 226 g/mol. The van der Waals surface area contributed by atoms with E-state index >= 15 is 0 Å². The predicted molar refractivity (Wildman–Crippen MR) is 63.9 cm³/mol. The fraction of sp³-hybridized carbons (Fsp3) is 0.692. The van der Waals surface area contributed by atoms with Crippen LogP contribution in [0, 0.1) is 5.92 Å². The summed E-state index contributed by atoms with van der Waals surface area (Å²) in [6, 6.07) is 0.